The smallest absolute Gasteiger partial charge is 0.262 e. The number of hydrogen-bond donors (Lipinski definition) is 2. The van der Waals surface area contributed by atoms with Crippen LogP contribution in [0.5, 0.6) is 5.75 Å². The van der Waals surface area contributed by atoms with E-state index in [4.69, 9.17) is 4.74 Å². The van der Waals surface area contributed by atoms with Crippen LogP contribution in [-0.4, -0.2) is 50.0 Å². The Bertz CT molecular complexity index is 1190. The van der Waals surface area contributed by atoms with Gasteiger partial charge in [0, 0.05) is 24.3 Å². The van der Waals surface area contributed by atoms with Crippen molar-refractivity contribution in [3.05, 3.63) is 48.0 Å². The van der Waals surface area contributed by atoms with Crippen molar-refractivity contribution in [1.82, 2.24) is 4.31 Å². The number of nitrogens with one attached hydrogen (secondary N) is 2. The summed E-state index contributed by atoms with van der Waals surface area (Å²) in [4.78, 5) is 35.9. The number of Topliss-reactive ketones (excluding diaryl/α,β-unsaturated/α-hetero) is 1. The summed E-state index contributed by atoms with van der Waals surface area (Å²) in [6, 6.07) is 11.0. The van der Waals surface area contributed by atoms with Gasteiger partial charge >= 0.3 is 0 Å². The topological polar surface area (TPSA) is 122 Å². The number of amides is 2. The molecule has 2 amide bonds. The summed E-state index contributed by atoms with van der Waals surface area (Å²) in [5.41, 5.74) is 1.28. The van der Waals surface area contributed by atoms with Gasteiger partial charge in [0.1, 0.15) is 5.75 Å². The van der Waals surface area contributed by atoms with Crippen molar-refractivity contribution in [2.75, 3.05) is 30.3 Å². The molecule has 2 heterocycles. The molecule has 0 aliphatic carbocycles. The Hall–Kier alpha value is -3.24. The first kappa shape index (κ1) is 22.0. The van der Waals surface area contributed by atoms with Gasteiger partial charge in [-0.2, -0.15) is 4.31 Å². The Kier molecular flexibility index (Phi) is 5.98. The van der Waals surface area contributed by atoms with E-state index in [0.29, 0.717) is 42.1 Å². The van der Waals surface area contributed by atoms with E-state index in [9.17, 15) is 22.8 Å². The number of fused-ring (bicyclic) bond motifs is 1. The van der Waals surface area contributed by atoms with Crippen molar-refractivity contribution in [3.63, 3.8) is 0 Å². The molecule has 1 saturated heterocycles. The van der Waals surface area contributed by atoms with Crippen LogP contribution in [0.2, 0.25) is 0 Å². The fourth-order valence-electron chi connectivity index (χ4n) is 3.81. The molecule has 1 fully saturated rings. The maximum atomic E-state index is 13.2. The summed E-state index contributed by atoms with van der Waals surface area (Å²) >= 11 is 0. The lowest BCUT2D eigenvalue weighted by Crippen LogP contribution is -2.43. The van der Waals surface area contributed by atoms with E-state index in [1.165, 1.54) is 29.4 Å². The molecule has 2 aliphatic heterocycles. The van der Waals surface area contributed by atoms with Crippen molar-refractivity contribution in [2.24, 2.45) is 5.92 Å². The van der Waals surface area contributed by atoms with Crippen LogP contribution in [-0.2, 0) is 19.6 Å². The molecule has 4 rings (SSSR count). The predicted octanol–water partition coefficient (Wildman–Crippen LogP) is 2.26. The first-order valence-electron chi connectivity index (χ1n) is 10.2. The van der Waals surface area contributed by atoms with E-state index in [2.05, 4.69) is 10.6 Å². The second-order valence-corrected chi connectivity index (χ2v) is 9.76. The molecular formula is C22H23N3O6S. The molecule has 2 N–H and O–H groups in total. The molecular weight excluding hydrogens is 434 g/mol. The highest BCUT2D eigenvalue weighted by Crippen LogP contribution is 2.32. The minimum absolute atomic E-state index is 0.0252. The number of ether oxygens (including phenoxy) is 1. The SMILES string of the molecule is CC(=O)c1cccc(NC(=O)C2CCCN(S(=O)(=O)c3ccc4c(c3)NC(=O)CO4)C2)c1. The van der Waals surface area contributed by atoms with Gasteiger partial charge in [0.2, 0.25) is 15.9 Å². The Balaban J connectivity index is 1.49. The molecule has 2 aliphatic rings. The Morgan fingerprint density at radius 2 is 2.00 bits per heavy atom. The minimum atomic E-state index is -3.87. The second-order valence-electron chi connectivity index (χ2n) is 7.82. The zero-order valence-corrected chi connectivity index (χ0v) is 18.3. The lowest BCUT2D eigenvalue weighted by molar-refractivity contribution is -0.121. The van der Waals surface area contributed by atoms with E-state index in [-0.39, 0.29) is 35.6 Å². The zero-order valence-electron chi connectivity index (χ0n) is 17.5. The number of anilines is 2. The molecule has 0 radical (unpaired) electrons. The van der Waals surface area contributed by atoms with Crippen LogP contribution in [0.1, 0.15) is 30.1 Å². The quantitative estimate of drug-likeness (QED) is 0.664. The van der Waals surface area contributed by atoms with Gasteiger partial charge in [-0.25, -0.2) is 8.42 Å². The third kappa shape index (κ3) is 4.51. The number of benzene rings is 2. The highest BCUT2D eigenvalue weighted by Gasteiger charge is 2.34. The molecule has 0 saturated carbocycles. The summed E-state index contributed by atoms with van der Waals surface area (Å²) in [6.07, 6.45) is 1.09. The van der Waals surface area contributed by atoms with Crippen LogP contribution >= 0.6 is 0 Å². The molecule has 168 valence electrons. The van der Waals surface area contributed by atoms with Crippen molar-refractivity contribution >= 4 is 39.0 Å². The summed E-state index contributed by atoms with van der Waals surface area (Å²) in [7, 11) is -3.87. The summed E-state index contributed by atoms with van der Waals surface area (Å²) in [5.74, 6) is -0.873. The lowest BCUT2D eigenvalue weighted by atomic mass is 9.98. The predicted molar refractivity (Wildman–Crippen MR) is 117 cm³/mol. The van der Waals surface area contributed by atoms with Gasteiger partial charge in [-0.1, -0.05) is 12.1 Å². The number of piperidine rings is 1. The van der Waals surface area contributed by atoms with Gasteiger partial charge in [0.05, 0.1) is 16.5 Å². The lowest BCUT2D eigenvalue weighted by Gasteiger charge is -2.31. The standard InChI is InChI=1S/C22H23N3O6S/c1-14(26)15-4-2-6-17(10-15)23-22(28)16-5-3-9-25(12-16)32(29,30)18-7-8-20-19(11-18)24-21(27)13-31-20/h2,4,6-8,10-11,16H,3,5,9,12-13H2,1H3,(H,23,28)(H,24,27). The van der Waals surface area contributed by atoms with Crippen LogP contribution in [0, 0.1) is 5.92 Å². The average Bonchev–Trinajstić information content (AvgIpc) is 2.78. The summed E-state index contributed by atoms with van der Waals surface area (Å²) in [5, 5.41) is 5.39. The number of carbonyl (C=O) groups is 3. The van der Waals surface area contributed by atoms with Gasteiger partial charge in [0.15, 0.2) is 12.4 Å². The van der Waals surface area contributed by atoms with Crippen molar-refractivity contribution in [3.8, 4) is 5.75 Å². The largest absolute Gasteiger partial charge is 0.482 e. The number of nitrogens with zero attached hydrogens (tertiary/aromatic N) is 1. The molecule has 32 heavy (non-hydrogen) atoms. The van der Waals surface area contributed by atoms with Crippen LogP contribution in [0.15, 0.2) is 47.4 Å². The molecule has 0 bridgehead atoms. The van der Waals surface area contributed by atoms with Crippen LogP contribution in [0.3, 0.4) is 0 Å². The first-order chi connectivity index (χ1) is 15.2. The Morgan fingerprint density at radius 1 is 1.19 bits per heavy atom. The van der Waals surface area contributed by atoms with E-state index in [1.54, 1.807) is 24.3 Å². The van der Waals surface area contributed by atoms with Crippen molar-refractivity contribution in [1.29, 1.82) is 0 Å². The molecule has 2 aromatic carbocycles. The number of ketones is 1. The molecule has 2 aromatic rings. The van der Waals surface area contributed by atoms with Gasteiger partial charge in [0.25, 0.3) is 5.91 Å². The van der Waals surface area contributed by atoms with Crippen LogP contribution < -0.4 is 15.4 Å². The van der Waals surface area contributed by atoms with E-state index in [1.807, 2.05) is 0 Å². The molecule has 1 atom stereocenters. The van der Waals surface area contributed by atoms with E-state index < -0.39 is 15.9 Å². The molecule has 0 spiro atoms. The maximum Gasteiger partial charge on any atom is 0.262 e. The molecule has 1 unspecified atom stereocenters. The number of carbonyl (C=O) groups excluding carboxylic acids is 3. The molecule has 0 aromatic heterocycles. The van der Waals surface area contributed by atoms with Crippen molar-refractivity contribution in [2.45, 2.75) is 24.7 Å². The maximum absolute atomic E-state index is 13.2. The van der Waals surface area contributed by atoms with Gasteiger partial charge in [-0.15, -0.1) is 0 Å². The third-order valence-corrected chi connectivity index (χ3v) is 7.37. The fraction of sp³-hybridized carbons (Fsp3) is 0.318. The fourth-order valence-corrected chi connectivity index (χ4v) is 5.36. The highest BCUT2D eigenvalue weighted by atomic mass is 32.2. The zero-order chi connectivity index (χ0) is 22.9. The second kappa shape index (κ2) is 8.71. The normalized spacial score (nSPS) is 18.8. The van der Waals surface area contributed by atoms with Crippen LogP contribution in [0.4, 0.5) is 11.4 Å². The third-order valence-electron chi connectivity index (χ3n) is 5.51. The Morgan fingerprint density at radius 3 is 2.78 bits per heavy atom. The number of rotatable bonds is 5. The van der Waals surface area contributed by atoms with E-state index in [0.717, 1.165) is 0 Å². The van der Waals surface area contributed by atoms with Crippen molar-refractivity contribution < 1.29 is 27.5 Å². The van der Waals surface area contributed by atoms with Gasteiger partial charge in [-0.05, 0) is 50.1 Å². The highest BCUT2D eigenvalue weighted by molar-refractivity contribution is 7.89. The summed E-state index contributed by atoms with van der Waals surface area (Å²) in [6.45, 7) is 1.67. The molecule has 10 heteroatoms. The van der Waals surface area contributed by atoms with Crippen LogP contribution in [0.25, 0.3) is 0 Å². The van der Waals surface area contributed by atoms with Gasteiger partial charge in [-0.3, -0.25) is 14.4 Å². The summed E-state index contributed by atoms with van der Waals surface area (Å²) < 4.78 is 33.0. The Labute approximate surface area is 185 Å². The van der Waals surface area contributed by atoms with Gasteiger partial charge < -0.3 is 15.4 Å². The monoisotopic (exact) mass is 457 g/mol. The average molecular weight is 458 g/mol. The first-order valence-corrected chi connectivity index (χ1v) is 11.7. The number of hydrogen-bond acceptors (Lipinski definition) is 6. The number of sulfonamides is 1. The minimum Gasteiger partial charge on any atom is -0.482 e. The molecule has 9 nitrogen and oxygen atoms in total. The van der Waals surface area contributed by atoms with E-state index >= 15 is 0 Å².